The van der Waals surface area contributed by atoms with Crippen LogP contribution in [-0.4, -0.2) is 37.2 Å². The van der Waals surface area contributed by atoms with Crippen molar-refractivity contribution in [1.29, 1.82) is 0 Å². The van der Waals surface area contributed by atoms with Crippen LogP contribution in [0.5, 0.6) is 0 Å². The third kappa shape index (κ3) is 55.5. The number of hydrogen-bond acceptors (Lipinski definition) is 6. The molecule has 6 heteroatoms. The molecule has 0 saturated heterocycles. The van der Waals surface area contributed by atoms with Gasteiger partial charge < -0.3 is 14.2 Å². The predicted octanol–water partition coefficient (Wildman–Crippen LogP) is 19.9. The van der Waals surface area contributed by atoms with Crippen molar-refractivity contribution in [1.82, 2.24) is 0 Å². The molecule has 0 bridgehead atoms. The fourth-order valence-corrected chi connectivity index (χ4v) is 8.23. The molecule has 0 aromatic carbocycles. The van der Waals surface area contributed by atoms with Crippen LogP contribution in [0.4, 0.5) is 0 Å². The van der Waals surface area contributed by atoms with Crippen LogP contribution in [0.1, 0.15) is 284 Å². The first-order chi connectivity index (χ1) is 34.5. The van der Waals surface area contributed by atoms with E-state index >= 15 is 0 Å². The Labute approximate surface area is 433 Å². The molecule has 0 rings (SSSR count). The molecule has 0 N–H and O–H groups in total. The summed E-state index contributed by atoms with van der Waals surface area (Å²) in [6.45, 7) is 6.48. The summed E-state index contributed by atoms with van der Waals surface area (Å²) in [5, 5.41) is 0. The summed E-state index contributed by atoms with van der Waals surface area (Å²) >= 11 is 0. The highest BCUT2D eigenvalue weighted by Crippen LogP contribution is 2.16. The summed E-state index contributed by atoms with van der Waals surface area (Å²) in [7, 11) is 0. The molecule has 0 aromatic rings. The van der Waals surface area contributed by atoms with E-state index in [2.05, 4.69) is 106 Å². The first-order valence-electron chi connectivity index (χ1n) is 29.6. The fourth-order valence-electron chi connectivity index (χ4n) is 8.23. The standard InChI is InChI=1S/C64H110O6/c1-4-7-10-13-16-19-22-25-28-30-32-34-36-39-42-45-48-51-54-57-63(66)69-60-61(59-68-62(65)56-53-50-47-44-41-38-35-27-24-21-18-15-12-9-6-3)70-64(67)58-55-52-49-46-43-40-37-33-31-29-26-23-20-17-14-11-8-5-2/h7,10,16,18-19,21,24-25,27-28,32,34,39,42,61H,4-6,8-9,11-15,17,20,22-23,26,29-31,33,35-38,40-41,43-60H2,1-3H3/b10-7-,19-16-,21-18-,27-24-,28-25-,34-32-,42-39-. The van der Waals surface area contributed by atoms with Crippen molar-refractivity contribution in [3.63, 3.8) is 0 Å². The minimum absolute atomic E-state index is 0.0916. The van der Waals surface area contributed by atoms with Gasteiger partial charge in [-0.15, -0.1) is 0 Å². The summed E-state index contributed by atoms with van der Waals surface area (Å²) in [4.78, 5) is 38.2. The van der Waals surface area contributed by atoms with Crippen molar-refractivity contribution in [2.24, 2.45) is 0 Å². The molecule has 0 heterocycles. The van der Waals surface area contributed by atoms with Gasteiger partial charge in [-0.25, -0.2) is 0 Å². The van der Waals surface area contributed by atoms with Gasteiger partial charge in [0.2, 0.25) is 0 Å². The van der Waals surface area contributed by atoms with Gasteiger partial charge in [-0.3, -0.25) is 14.4 Å². The van der Waals surface area contributed by atoms with Crippen molar-refractivity contribution in [3.05, 3.63) is 85.1 Å². The molecule has 6 nitrogen and oxygen atoms in total. The van der Waals surface area contributed by atoms with Crippen LogP contribution in [-0.2, 0) is 28.6 Å². The van der Waals surface area contributed by atoms with E-state index < -0.39 is 6.10 Å². The minimum atomic E-state index is -0.795. The second kappa shape index (κ2) is 58.2. The number of ether oxygens (including phenoxy) is 3. The van der Waals surface area contributed by atoms with Gasteiger partial charge >= 0.3 is 17.9 Å². The summed E-state index contributed by atoms with van der Waals surface area (Å²) in [6, 6.07) is 0. The maximum Gasteiger partial charge on any atom is 0.306 e. The van der Waals surface area contributed by atoms with E-state index in [1.807, 2.05) is 0 Å². The molecule has 0 radical (unpaired) electrons. The third-order valence-electron chi connectivity index (χ3n) is 12.7. The van der Waals surface area contributed by atoms with E-state index in [-0.39, 0.29) is 31.1 Å². The second-order valence-corrected chi connectivity index (χ2v) is 19.6. The molecule has 0 aliphatic carbocycles. The average Bonchev–Trinajstić information content (AvgIpc) is 3.36. The van der Waals surface area contributed by atoms with Gasteiger partial charge in [-0.05, 0) is 89.9 Å². The lowest BCUT2D eigenvalue weighted by Gasteiger charge is -2.18. The molecule has 0 aliphatic heterocycles. The lowest BCUT2D eigenvalue weighted by Crippen LogP contribution is -2.30. The summed E-state index contributed by atoms with van der Waals surface area (Å²) in [5.74, 6) is -0.925. The monoisotopic (exact) mass is 975 g/mol. The van der Waals surface area contributed by atoms with Crippen molar-refractivity contribution < 1.29 is 28.6 Å². The molecule has 0 aliphatic rings. The molecule has 0 spiro atoms. The van der Waals surface area contributed by atoms with Gasteiger partial charge in [0.25, 0.3) is 0 Å². The number of carbonyl (C=O) groups is 3. The van der Waals surface area contributed by atoms with Crippen LogP contribution in [0.2, 0.25) is 0 Å². The van der Waals surface area contributed by atoms with E-state index in [1.54, 1.807) is 0 Å². The highest BCUT2D eigenvalue weighted by atomic mass is 16.6. The Morgan fingerprint density at radius 3 is 1.00 bits per heavy atom. The van der Waals surface area contributed by atoms with Gasteiger partial charge in [0.15, 0.2) is 6.10 Å². The van der Waals surface area contributed by atoms with Crippen molar-refractivity contribution in [2.75, 3.05) is 13.2 Å². The van der Waals surface area contributed by atoms with E-state index in [1.165, 1.54) is 141 Å². The van der Waals surface area contributed by atoms with E-state index in [0.717, 1.165) is 103 Å². The smallest absolute Gasteiger partial charge is 0.306 e. The first kappa shape index (κ1) is 66.6. The molecule has 0 fully saturated rings. The van der Waals surface area contributed by atoms with Crippen molar-refractivity contribution >= 4 is 17.9 Å². The van der Waals surface area contributed by atoms with Gasteiger partial charge in [-0.1, -0.05) is 260 Å². The molecular formula is C64H110O6. The van der Waals surface area contributed by atoms with Crippen LogP contribution in [0.25, 0.3) is 0 Å². The molecule has 1 atom stereocenters. The van der Waals surface area contributed by atoms with Gasteiger partial charge in [0.05, 0.1) is 0 Å². The number of hydrogen-bond donors (Lipinski definition) is 0. The van der Waals surface area contributed by atoms with Crippen LogP contribution >= 0.6 is 0 Å². The molecule has 1 unspecified atom stereocenters. The zero-order valence-corrected chi connectivity index (χ0v) is 46.0. The zero-order chi connectivity index (χ0) is 50.7. The summed E-state index contributed by atoms with van der Waals surface area (Å²) < 4.78 is 16.9. The van der Waals surface area contributed by atoms with Gasteiger partial charge in [-0.2, -0.15) is 0 Å². The normalized spacial score (nSPS) is 12.7. The van der Waals surface area contributed by atoms with E-state index in [9.17, 15) is 14.4 Å². The number of carbonyl (C=O) groups excluding carboxylic acids is 3. The maximum atomic E-state index is 12.9. The molecule has 70 heavy (non-hydrogen) atoms. The lowest BCUT2D eigenvalue weighted by molar-refractivity contribution is -0.167. The Morgan fingerprint density at radius 2 is 0.600 bits per heavy atom. The van der Waals surface area contributed by atoms with Crippen LogP contribution in [0.3, 0.4) is 0 Å². The number of unbranched alkanes of at least 4 members (excludes halogenated alkanes) is 29. The van der Waals surface area contributed by atoms with E-state index in [4.69, 9.17) is 14.2 Å². The number of rotatable bonds is 53. The quantitative estimate of drug-likeness (QED) is 0.0199. The van der Waals surface area contributed by atoms with Crippen LogP contribution in [0, 0.1) is 0 Å². The second-order valence-electron chi connectivity index (χ2n) is 19.6. The Hall–Kier alpha value is -3.41. The summed E-state index contributed by atoms with van der Waals surface area (Å²) in [6.07, 6.45) is 75.7. The Morgan fingerprint density at radius 1 is 0.314 bits per heavy atom. The third-order valence-corrected chi connectivity index (χ3v) is 12.7. The zero-order valence-electron chi connectivity index (χ0n) is 46.0. The molecule has 0 saturated carbocycles. The lowest BCUT2D eigenvalue weighted by atomic mass is 10.0. The summed E-state index contributed by atoms with van der Waals surface area (Å²) in [5.41, 5.74) is 0. The Bertz CT molecular complexity index is 1350. The molecule has 0 aromatic heterocycles. The minimum Gasteiger partial charge on any atom is -0.462 e. The first-order valence-corrected chi connectivity index (χ1v) is 29.6. The van der Waals surface area contributed by atoms with Crippen LogP contribution in [0.15, 0.2) is 85.1 Å². The number of esters is 3. The highest BCUT2D eigenvalue weighted by Gasteiger charge is 2.19. The topological polar surface area (TPSA) is 78.9 Å². The van der Waals surface area contributed by atoms with E-state index in [0.29, 0.717) is 19.3 Å². The largest absolute Gasteiger partial charge is 0.462 e. The van der Waals surface area contributed by atoms with Crippen molar-refractivity contribution in [3.8, 4) is 0 Å². The molecule has 0 amide bonds. The predicted molar refractivity (Wildman–Crippen MR) is 302 cm³/mol. The SMILES string of the molecule is CC/C=C\C/C=C\C/C=C\C/C=C\C/C=C\CCCCCC(=O)OCC(COC(=O)CCCCCCCC/C=C\C=C/CCCCC)OC(=O)CCCCCCCCCCCCCCCCCCCC. The maximum absolute atomic E-state index is 12.9. The highest BCUT2D eigenvalue weighted by molar-refractivity contribution is 5.71. The fraction of sp³-hybridized carbons (Fsp3) is 0.734. The molecule has 402 valence electrons. The van der Waals surface area contributed by atoms with Gasteiger partial charge in [0.1, 0.15) is 13.2 Å². The van der Waals surface area contributed by atoms with Crippen LogP contribution < -0.4 is 0 Å². The van der Waals surface area contributed by atoms with Crippen molar-refractivity contribution in [2.45, 2.75) is 290 Å². The molecular weight excluding hydrogens is 865 g/mol. The Kier molecular flexibility index (Phi) is 55.3. The number of allylic oxidation sites excluding steroid dienone is 14. The van der Waals surface area contributed by atoms with Gasteiger partial charge in [0, 0.05) is 19.3 Å². The average molecular weight is 976 g/mol. The Balaban J connectivity index is 4.44.